The summed E-state index contributed by atoms with van der Waals surface area (Å²) in [4.78, 5) is 0.692. The molecule has 0 N–H and O–H groups in total. The molecule has 0 radical (unpaired) electrons. The largest absolute Gasteiger partial charge is 0.218 e. The molecule has 1 aromatic rings. The minimum absolute atomic E-state index is 0.0776. The van der Waals surface area contributed by atoms with Crippen LogP contribution in [0.3, 0.4) is 0 Å². The summed E-state index contributed by atoms with van der Waals surface area (Å²) >= 11 is 0. The number of rotatable bonds is 3. The molecule has 0 spiro atoms. The molecule has 0 saturated carbocycles. The molecule has 0 atom stereocenters. The van der Waals surface area contributed by atoms with Gasteiger partial charge in [0, 0.05) is 0 Å². The van der Waals surface area contributed by atoms with Crippen LogP contribution < -0.4 is 0 Å². The molecule has 0 aliphatic rings. The van der Waals surface area contributed by atoms with Gasteiger partial charge >= 0.3 is 0 Å². The molecular formula is C15H20O2S. The molecule has 1 rings (SSSR count). The van der Waals surface area contributed by atoms with Gasteiger partial charge in [-0.2, -0.15) is 0 Å². The molecule has 0 saturated heterocycles. The van der Waals surface area contributed by atoms with Gasteiger partial charge in [-0.1, -0.05) is 31.5 Å². The van der Waals surface area contributed by atoms with Gasteiger partial charge in [0.2, 0.25) is 9.84 Å². The summed E-state index contributed by atoms with van der Waals surface area (Å²) < 4.78 is 25.0. The van der Waals surface area contributed by atoms with E-state index < -0.39 is 9.84 Å². The van der Waals surface area contributed by atoms with Crippen LogP contribution in [-0.4, -0.2) is 8.42 Å². The molecule has 0 unspecified atom stereocenters. The van der Waals surface area contributed by atoms with Crippen molar-refractivity contribution in [2.45, 2.75) is 39.5 Å². The summed E-state index contributed by atoms with van der Waals surface area (Å²) in [6.07, 6.45) is 0. The Balaban J connectivity index is 3.46. The minimum Gasteiger partial charge on any atom is -0.218 e. The first-order valence-electron chi connectivity index (χ1n) is 6.01. The van der Waals surface area contributed by atoms with Crippen LogP contribution in [0.5, 0.6) is 0 Å². The lowest BCUT2D eigenvalue weighted by Gasteiger charge is -2.10. The molecule has 0 aliphatic heterocycles. The van der Waals surface area contributed by atoms with Crippen LogP contribution in [0, 0.1) is 12.8 Å². The van der Waals surface area contributed by atoms with Gasteiger partial charge in [-0.25, -0.2) is 8.42 Å². The predicted molar refractivity (Wildman–Crippen MR) is 75.1 cm³/mol. The molecule has 0 fully saturated rings. The van der Waals surface area contributed by atoms with Crippen LogP contribution in [-0.2, 0) is 9.84 Å². The zero-order valence-electron chi connectivity index (χ0n) is 11.6. The molecule has 0 aliphatic carbocycles. The zero-order valence-corrected chi connectivity index (χ0v) is 12.4. The molecule has 0 heterocycles. The van der Waals surface area contributed by atoms with Crippen LogP contribution in [0.2, 0.25) is 0 Å². The lowest BCUT2D eigenvalue weighted by molar-refractivity contribution is 0.595. The highest BCUT2D eigenvalue weighted by atomic mass is 32.2. The van der Waals surface area contributed by atoms with Crippen LogP contribution in [0.15, 0.2) is 45.4 Å². The molecule has 0 bridgehead atoms. The van der Waals surface area contributed by atoms with E-state index in [4.69, 9.17) is 0 Å². The van der Waals surface area contributed by atoms with Crippen molar-refractivity contribution in [3.8, 4) is 0 Å². The van der Waals surface area contributed by atoms with E-state index in [-0.39, 0.29) is 5.92 Å². The normalized spacial score (nSPS) is 11.2. The van der Waals surface area contributed by atoms with E-state index in [1.807, 2.05) is 46.8 Å². The fraction of sp³-hybridized carbons (Fsp3) is 0.400. The van der Waals surface area contributed by atoms with E-state index in [1.54, 1.807) is 12.1 Å². The standard InChI is InChI=1S/C15H20O2S/c1-11(2)10-15(12(3)4)18(16,17)14-8-6-13(5)7-9-14/h6-9,12H,1-5H3. The minimum atomic E-state index is -3.43. The highest BCUT2D eigenvalue weighted by Crippen LogP contribution is 2.25. The third-order valence-corrected chi connectivity index (χ3v) is 4.56. The lowest BCUT2D eigenvalue weighted by atomic mass is 10.2. The maximum absolute atomic E-state index is 12.5. The van der Waals surface area contributed by atoms with Crippen molar-refractivity contribution in [1.82, 2.24) is 0 Å². The second-order valence-electron chi connectivity index (χ2n) is 4.96. The molecule has 0 aromatic heterocycles. The van der Waals surface area contributed by atoms with E-state index in [0.717, 1.165) is 11.1 Å². The van der Waals surface area contributed by atoms with Crippen LogP contribution >= 0.6 is 0 Å². The second kappa shape index (κ2) is 5.55. The molecule has 3 heteroatoms. The van der Waals surface area contributed by atoms with Gasteiger partial charge in [0.1, 0.15) is 0 Å². The summed E-state index contributed by atoms with van der Waals surface area (Å²) in [5.41, 5.74) is 4.90. The summed E-state index contributed by atoms with van der Waals surface area (Å²) in [6.45, 7) is 9.39. The molecule has 2 nitrogen and oxygen atoms in total. The van der Waals surface area contributed by atoms with Crippen molar-refractivity contribution in [3.63, 3.8) is 0 Å². The second-order valence-corrected chi connectivity index (χ2v) is 6.88. The smallest absolute Gasteiger partial charge is 0.210 e. The van der Waals surface area contributed by atoms with Crippen molar-refractivity contribution < 1.29 is 8.42 Å². The number of aryl methyl sites for hydroxylation is 1. The average molecular weight is 264 g/mol. The van der Waals surface area contributed by atoms with Gasteiger partial charge in [-0.3, -0.25) is 0 Å². The van der Waals surface area contributed by atoms with E-state index in [1.165, 1.54) is 0 Å². The van der Waals surface area contributed by atoms with Crippen molar-refractivity contribution in [1.29, 1.82) is 0 Å². The van der Waals surface area contributed by atoms with Gasteiger partial charge in [-0.15, -0.1) is 5.73 Å². The predicted octanol–water partition coefficient (Wildman–Crippen LogP) is 3.87. The van der Waals surface area contributed by atoms with Gasteiger partial charge in [0.25, 0.3) is 0 Å². The van der Waals surface area contributed by atoms with E-state index >= 15 is 0 Å². The first kappa shape index (κ1) is 14.7. The van der Waals surface area contributed by atoms with Crippen molar-refractivity contribution >= 4 is 9.84 Å². The first-order valence-corrected chi connectivity index (χ1v) is 7.49. The van der Waals surface area contributed by atoms with E-state index in [9.17, 15) is 8.42 Å². The molecule has 18 heavy (non-hydrogen) atoms. The van der Waals surface area contributed by atoms with Crippen molar-refractivity contribution in [2.24, 2.45) is 5.92 Å². The Hall–Kier alpha value is -1.31. The van der Waals surface area contributed by atoms with Gasteiger partial charge in [0.05, 0.1) is 9.80 Å². The Bertz CT molecular complexity index is 580. The number of benzene rings is 1. The molecule has 98 valence electrons. The fourth-order valence-corrected chi connectivity index (χ4v) is 3.32. The first-order chi connectivity index (χ1) is 8.25. The quantitative estimate of drug-likeness (QED) is 0.776. The summed E-state index contributed by atoms with van der Waals surface area (Å²) in [5, 5.41) is 0. The van der Waals surface area contributed by atoms with Crippen LogP contribution in [0.1, 0.15) is 33.3 Å². The van der Waals surface area contributed by atoms with Crippen molar-refractivity contribution in [3.05, 3.63) is 46.0 Å². The number of sulfone groups is 1. The van der Waals surface area contributed by atoms with Crippen molar-refractivity contribution in [2.75, 3.05) is 0 Å². The number of hydrogen-bond donors (Lipinski definition) is 0. The molecule has 0 amide bonds. The van der Waals surface area contributed by atoms with E-state index in [2.05, 4.69) is 5.73 Å². The lowest BCUT2D eigenvalue weighted by Crippen LogP contribution is -2.09. The zero-order chi connectivity index (χ0) is 13.9. The summed E-state index contributed by atoms with van der Waals surface area (Å²) in [7, 11) is -3.43. The molecule has 1 aromatic carbocycles. The maximum atomic E-state index is 12.5. The third kappa shape index (κ3) is 3.34. The van der Waals surface area contributed by atoms with Crippen LogP contribution in [0.25, 0.3) is 0 Å². The molecular weight excluding hydrogens is 244 g/mol. The van der Waals surface area contributed by atoms with Gasteiger partial charge in [0.15, 0.2) is 0 Å². The Morgan fingerprint density at radius 1 is 1.11 bits per heavy atom. The van der Waals surface area contributed by atoms with Gasteiger partial charge < -0.3 is 0 Å². The van der Waals surface area contributed by atoms with E-state index in [0.29, 0.717) is 9.80 Å². The number of allylic oxidation sites excluding steroid dienone is 1. The monoisotopic (exact) mass is 264 g/mol. The topological polar surface area (TPSA) is 34.1 Å². The SMILES string of the molecule is CC(C)=C=C(C(C)C)S(=O)(=O)c1ccc(C)cc1. The highest BCUT2D eigenvalue weighted by Gasteiger charge is 2.23. The van der Waals surface area contributed by atoms with Gasteiger partial charge in [-0.05, 0) is 44.4 Å². The Kier molecular flexibility index (Phi) is 4.55. The maximum Gasteiger partial charge on any atom is 0.210 e. The Labute approximate surface area is 110 Å². The Morgan fingerprint density at radius 2 is 1.61 bits per heavy atom. The highest BCUT2D eigenvalue weighted by molar-refractivity contribution is 7.95. The summed E-state index contributed by atoms with van der Waals surface area (Å²) in [5.74, 6) is -0.0776. The average Bonchev–Trinajstić information content (AvgIpc) is 2.25. The summed E-state index contributed by atoms with van der Waals surface area (Å²) in [6, 6.07) is 6.93. The fourth-order valence-electron chi connectivity index (χ4n) is 1.61. The Morgan fingerprint density at radius 3 is 2.00 bits per heavy atom. The third-order valence-electron chi connectivity index (χ3n) is 2.52. The van der Waals surface area contributed by atoms with Crippen LogP contribution in [0.4, 0.5) is 0 Å². The number of hydrogen-bond acceptors (Lipinski definition) is 2.